The number of likely N-dealkylation sites (tertiary alicyclic amines) is 2. The molecule has 6 amide bonds. The number of nitrogens with zero attached hydrogens (tertiary/aromatic N) is 3. The molecule has 5 rings (SSSR count). The molecule has 0 bridgehead atoms. The van der Waals surface area contributed by atoms with E-state index in [0.29, 0.717) is 0 Å². The molecule has 0 radical (unpaired) electrons. The molecule has 0 unspecified atom stereocenters. The van der Waals surface area contributed by atoms with Gasteiger partial charge in [-0.2, -0.15) is 0 Å². The van der Waals surface area contributed by atoms with Gasteiger partial charge in [-0.15, -0.1) is 0 Å². The van der Waals surface area contributed by atoms with Gasteiger partial charge in [-0.25, -0.2) is 0 Å². The van der Waals surface area contributed by atoms with E-state index < -0.39 is 70.7 Å². The maximum Gasteiger partial charge on any atom is 0.246 e. The lowest BCUT2D eigenvalue weighted by Gasteiger charge is -2.36. The molecule has 2 fully saturated rings. The average molecular weight is 992 g/mol. The Morgan fingerprint density at radius 3 is 1.22 bits per heavy atom. The number of likely N-dealkylation sites (N-methyl/N-ethyl adjacent to an activating group) is 2. The highest BCUT2D eigenvalue weighted by Crippen LogP contribution is 2.34. The predicted molar refractivity (Wildman–Crippen MR) is 275 cm³/mol. The lowest BCUT2D eigenvalue weighted by atomic mass is 9.85. The summed E-state index contributed by atoms with van der Waals surface area (Å²) in [5.41, 5.74) is 0.652. The molecule has 2 aliphatic heterocycles. The summed E-state index contributed by atoms with van der Waals surface area (Å²) in [7, 11) is 3.29. The van der Waals surface area contributed by atoms with Crippen molar-refractivity contribution in [3.05, 3.63) is 101 Å². The Bertz CT molecular complexity index is 2260. The molecular weight excluding hydrogens is 915 g/mol. The molecule has 6 N–H and O–H groups in total. The van der Waals surface area contributed by atoms with Gasteiger partial charge in [0.1, 0.15) is 24.2 Å². The van der Waals surface area contributed by atoms with Gasteiger partial charge in [0.25, 0.3) is 0 Å². The minimum atomic E-state index is -0.982. The molecule has 3 heterocycles. The first-order valence-corrected chi connectivity index (χ1v) is 25.1. The van der Waals surface area contributed by atoms with Crippen molar-refractivity contribution in [1.82, 2.24) is 46.7 Å². The minimum Gasteiger partial charge on any atom is -0.348 e. The molecule has 3 aromatic rings. The largest absolute Gasteiger partial charge is 0.348 e. The van der Waals surface area contributed by atoms with Crippen molar-refractivity contribution in [2.75, 3.05) is 27.2 Å². The fourth-order valence-electron chi connectivity index (χ4n) is 9.33. The number of benzene rings is 2. The first-order valence-electron chi connectivity index (χ1n) is 25.1. The summed E-state index contributed by atoms with van der Waals surface area (Å²) in [5.74, 6) is -3.94. The van der Waals surface area contributed by atoms with Gasteiger partial charge in [-0.3, -0.25) is 43.3 Å². The van der Waals surface area contributed by atoms with E-state index in [1.165, 1.54) is 28.3 Å². The molecule has 0 spiro atoms. The molecule has 10 atom stereocenters. The van der Waals surface area contributed by atoms with E-state index in [2.05, 4.69) is 36.9 Å². The molecule has 17 heteroatoms. The van der Waals surface area contributed by atoms with Crippen LogP contribution in [0.25, 0.3) is 0 Å². The fourth-order valence-corrected chi connectivity index (χ4v) is 9.33. The number of Topliss-reactive ketones (excluding diaryl/α,β-unsaturated/α-hetero) is 2. The molecule has 0 aliphatic carbocycles. The van der Waals surface area contributed by atoms with Crippen LogP contribution in [-0.4, -0.2) is 125 Å². The third kappa shape index (κ3) is 14.4. The number of carbonyl (C=O) groups is 8. The number of pyridine rings is 1. The van der Waals surface area contributed by atoms with Gasteiger partial charge < -0.3 is 41.7 Å². The van der Waals surface area contributed by atoms with Crippen molar-refractivity contribution in [2.24, 2.45) is 22.7 Å². The number of hydrogen-bond acceptors (Lipinski definition) is 11. The van der Waals surface area contributed by atoms with E-state index in [1.54, 1.807) is 27.9 Å². The van der Waals surface area contributed by atoms with E-state index in [1.807, 2.05) is 116 Å². The summed E-state index contributed by atoms with van der Waals surface area (Å²) in [6.45, 7) is 18.3. The van der Waals surface area contributed by atoms with Gasteiger partial charge in [0.15, 0.2) is 11.6 Å². The fraction of sp³-hybridized carbons (Fsp3) is 0.545. The van der Waals surface area contributed by atoms with Gasteiger partial charge >= 0.3 is 0 Å². The maximum absolute atomic E-state index is 14.6. The third-order valence-corrected chi connectivity index (χ3v) is 14.0. The maximum atomic E-state index is 14.6. The van der Waals surface area contributed by atoms with Crippen LogP contribution in [0.2, 0.25) is 0 Å². The Hall–Kier alpha value is -6.33. The van der Waals surface area contributed by atoms with Crippen molar-refractivity contribution in [3.63, 3.8) is 0 Å². The zero-order valence-corrected chi connectivity index (χ0v) is 44.1. The molecule has 17 nitrogen and oxygen atoms in total. The monoisotopic (exact) mass is 992 g/mol. The summed E-state index contributed by atoms with van der Waals surface area (Å²) in [5, 5.41) is 17.7. The molecule has 2 saturated heterocycles. The van der Waals surface area contributed by atoms with Crippen LogP contribution < -0.4 is 31.9 Å². The lowest BCUT2D eigenvalue weighted by Crippen LogP contribution is -2.59. The lowest BCUT2D eigenvalue weighted by molar-refractivity contribution is -0.144. The number of hydrogen-bond donors (Lipinski definition) is 6. The van der Waals surface area contributed by atoms with Gasteiger partial charge in [0, 0.05) is 49.5 Å². The van der Waals surface area contributed by atoms with E-state index in [9.17, 15) is 38.4 Å². The highest BCUT2D eigenvalue weighted by atomic mass is 16.2. The van der Waals surface area contributed by atoms with Crippen molar-refractivity contribution in [2.45, 2.75) is 143 Å². The van der Waals surface area contributed by atoms with Crippen LogP contribution in [0.1, 0.15) is 139 Å². The Balaban J connectivity index is 1.35. The van der Waals surface area contributed by atoms with Crippen LogP contribution >= 0.6 is 0 Å². The van der Waals surface area contributed by atoms with Crippen LogP contribution in [0.5, 0.6) is 0 Å². The van der Waals surface area contributed by atoms with E-state index in [4.69, 9.17) is 0 Å². The second-order valence-electron chi connectivity index (χ2n) is 21.9. The number of amides is 6. The first kappa shape index (κ1) is 56.6. The van der Waals surface area contributed by atoms with E-state index in [-0.39, 0.29) is 97.2 Å². The highest BCUT2D eigenvalue weighted by Gasteiger charge is 2.47. The number of carbonyl (C=O) groups excluding carboxylic acids is 8. The summed E-state index contributed by atoms with van der Waals surface area (Å²) >= 11 is 0. The summed E-state index contributed by atoms with van der Waals surface area (Å²) in [6.07, 6.45) is 3.02. The topological polar surface area (TPSA) is 228 Å². The number of ketones is 2. The summed E-state index contributed by atoms with van der Waals surface area (Å²) in [6, 6.07) is 14.6. The van der Waals surface area contributed by atoms with Gasteiger partial charge in [-0.05, 0) is 94.5 Å². The van der Waals surface area contributed by atoms with Gasteiger partial charge in [0.05, 0.1) is 24.2 Å². The Morgan fingerprint density at radius 2 is 0.903 bits per heavy atom. The normalized spacial score (nSPS) is 20.6. The minimum absolute atomic E-state index is 0.0546. The predicted octanol–water partition coefficient (Wildman–Crippen LogP) is 4.69. The third-order valence-electron chi connectivity index (χ3n) is 14.0. The molecule has 390 valence electrons. The zero-order chi connectivity index (χ0) is 53.2. The van der Waals surface area contributed by atoms with E-state index >= 15 is 0 Å². The molecular formula is C55H77N9O8. The zero-order valence-electron chi connectivity index (χ0n) is 44.1. The summed E-state index contributed by atoms with van der Waals surface area (Å²) in [4.78, 5) is 119. The molecule has 2 aliphatic rings. The SMILES string of the molecule is CN[C@@H](C)C(=O)N[C@H](C(=O)N1C[C@@H](CC(=O)c2cncc(C(=O)C[C@H]3C[C@@H](C(=O)N[C@H](C)c4ccccc4)N(C(=O)[C@@H](NC(=O)[C@H](C)NC)C(C)(C)C)C3)c2)C[C@H]1C(=O)N[C@H](C)c1ccccc1)C(C)(C)C. The van der Waals surface area contributed by atoms with Crippen LogP contribution in [-0.2, 0) is 28.8 Å². The van der Waals surface area contributed by atoms with Crippen molar-refractivity contribution >= 4 is 47.0 Å². The van der Waals surface area contributed by atoms with Gasteiger partial charge in [0.2, 0.25) is 35.4 Å². The first-order chi connectivity index (χ1) is 33.8. The van der Waals surface area contributed by atoms with E-state index in [0.717, 1.165) is 11.1 Å². The Morgan fingerprint density at radius 1 is 0.556 bits per heavy atom. The molecule has 72 heavy (non-hydrogen) atoms. The van der Waals surface area contributed by atoms with Crippen LogP contribution in [0.15, 0.2) is 79.1 Å². The average Bonchev–Trinajstić information content (AvgIpc) is 3.98. The van der Waals surface area contributed by atoms with Crippen LogP contribution in [0, 0.1) is 22.7 Å². The number of rotatable bonds is 20. The molecule has 0 saturated carbocycles. The van der Waals surface area contributed by atoms with Crippen LogP contribution in [0.3, 0.4) is 0 Å². The smallest absolute Gasteiger partial charge is 0.246 e. The van der Waals surface area contributed by atoms with Crippen molar-refractivity contribution < 1.29 is 38.4 Å². The quantitative estimate of drug-likeness (QED) is 0.0852. The van der Waals surface area contributed by atoms with Crippen LogP contribution in [0.4, 0.5) is 0 Å². The summed E-state index contributed by atoms with van der Waals surface area (Å²) < 4.78 is 0. The Labute approximate surface area is 425 Å². The Kier molecular flexibility index (Phi) is 19.2. The number of aromatic nitrogens is 1. The van der Waals surface area contributed by atoms with Crippen molar-refractivity contribution in [3.8, 4) is 0 Å². The van der Waals surface area contributed by atoms with Crippen molar-refractivity contribution in [1.29, 1.82) is 0 Å². The number of nitrogens with one attached hydrogen (secondary N) is 6. The van der Waals surface area contributed by atoms with Gasteiger partial charge in [-0.1, -0.05) is 102 Å². The second-order valence-corrected chi connectivity index (χ2v) is 21.9. The molecule has 1 aromatic heterocycles. The highest BCUT2D eigenvalue weighted by molar-refractivity contribution is 6.02. The standard InChI is InChI=1S/C55H77N9O8/c1-32(38-19-15-13-16-20-38)59-50(69)42-23-36(30-63(42)52(71)46(54(5,6)7)61-48(67)34(3)56-11)25-44(65)40-27-41(29-58-28-40)45(66)26-37-24-43(51(70)60-33(2)39-21-17-14-18-22-39)64(31-37)53(72)47(55(8,9)10)62-49(68)35(4)57-12/h13-22,27-29,32-37,42-43,46-47,56-57H,23-26,30-31H2,1-12H3,(H,59,69)(H,60,70)(H,61,67)(H,62,68)/t32-,33-,34+,35+,36-,37-,42+,43+,46-,47-/m1/s1. The second kappa shape index (κ2) is 24.4. The molecule has 2 aromatic carbocycles.